The fourth-order valence-electron chi connectivity index (χ4n) is 5.08. The number of rotatable bonds is 6. The van der Waals surface area contributed by atoms with Crippen molar-refractivity contribution in [3.05, 3.63) is 65.5 Å². The van der Waals surface area contributed by atoms with E-state index in [9.17, 15) is 14.3 Å². The Morgan fingerprint density at radius 2 is 1.86 bits per heavy atom. The van der Waals surface area contributed by atoms with E-state index in [0.717, 1.165) is 49.8 Å². The van der Waals surface area contributed by atoms with Crippen LogP contribution >= 0.6 is 0 Å². The maximum atomic E-state index is 14.3. The first-order chi connectivity index (χ1) is 14.1. The zero-order valence-corrected chi connectivity index (χ0v) is 16.9. The van der Waals surface area contributed by atoms with Crippen LogP contribution in [0, 0.1) is 5.82 Å². The van der Waals surface area contributed by atoms with E-state index in [4.69, 9.17) is 0 Å². The number of amides is 1. The van der Waals surface area contributed by atoms with E-state index in [1.165, 1.54) is 12.1 Å². The lowest BCUT2D eigenvalue weighted by molar-refractivity contribution is -0.125. The van der Waals surface area contributed by atoms with Crippen molar-refractivity contribution >= 4 is 11.6 Å². The molecule has 4 rings (SSSR count). The van der Waals surface area contributed by atoms with Crippen molar-refractivity contribution in [3.63, 3.8) is 0 Å². The predicted molar refractivity (Wildman–Crippen MR) is 112 cm³/mol. The predicted octanol–water partition coefficient (Wildman–Crippen LogP) is 4.09. The largest absolute Gasteiger partial charge is 0.389 e. The smallest absolute Gasteiger partial charge is 0.238 e. The van der Waals surface area contributed by atoms with Crippen LogP contribution < -0.4 is 10.2 Å². The van der Waals surface area contributed by atoms with E-state index in [-0.39, 0.29) is 11.7 Å². The lowest BCUT2D eigenvalue weighted by Gasteiger charge is -2.36. The Hall–Kier alpha value is -2.24. The molecular weight excluding hydrogens is 367 g/mol. The first-order valence-corrected chi connectivity index (χ1v) is 10.7. The molecule has 1 saturated carbocycles. The average molecular weight is 397 g/mol. The molecule has 154 valence electrons. The molecule has 0 aromatic heterocycles. The highest BCUT2D eigenvalue weighted by atomic mass is 19.1. The average Bonchev–Trinajstić information content (AvgIpc) is 2.96. The first kappa shape index (κ1) is 20.0. The number of anilines is 1. The Morgan fingerprint density at radius 3 is 2.55 bits per heavy atom. The Balaban J connectivity index is 1.84. The quantitative estimate of drug-likeness (QED) is 0.773. The van der Waals surface area contributed by atoms with E-state index in [1.807, 2.05) is 37.3 Å². The molecule has 1 fully saturated rings. The first-order valence-electron chi connectivity index (χ1n) is 10.7. The lowest BCUT2D eigenvalue weighted by atomic mass is 9.70. The monoisotopic (exact) mass is 396 g/mol. The number of likely N-dealkylation sites (N-methyl/N-ethyl adjacent to an activating group) is 1. The number of benzene rings is 2. The summed E-state index contributed by atoms with van der Waals surface area (Å²) in [6.07, 6.45) is 3.86. The van der Waals surface area contributed by atoms with Crippen molar-refractivity contribution in [1.82, 2.24) is 5.32 Å². The van der Waals surface area contributed by atoms with Crippen molar-refractivity contribution in [2.24, 2.45) is 0 Å². The molecule has 2 aromatic rings. The maximum Gasteiger partial charge on any atom is 0.238 e. The third-order valence-corrected chi connectivity index (χ3v) is 6.46. The van der Waals surface area contributed by atoms with Gasteiger partial charge < -0.3 is 15.3 Å². The van der Waals surface area contributed by atoms with Crippen molar-refractivity contribution < 1.29 is 14.3 Å². The molecule has 1 heterocycles. The Labute approximate surface area is 171 Å². The molecule has 2 unspecified atom stereocenters. The summed E-state index contributed by atoms with van der Waals surface area (Å²) in [5, 5.41) is 14.3. The topological polar surface area (TPSA) is 52.6 Å². The zero-order chi connectivity index (χ0) is 20.4. The molecule has 2 aromatic carbocycles. The fourth-order valence-corrected chi connectivity index (χ4v) is 5.08. The summed E-state index contributed by atoms with van der Waals surface area (Å²) in [7, 11) is 0. The van der Waals surface area contributed by atoms with E-state index in [1.54, 1.807) is 11.0 Å². The highest BCUT2D eigenvalue weighted by molar-refractivity contribution is 6.08. The highest BCUT2D eigenvalue weighted by Gasteiger charge is 2.53. The fraction of sp³-hybridized carbons (Fsp3) is 0.458. The summed E-state index contributed by atoms with van der Waals surface area (Å²) < 4.78 is 14.3. The number of nitrogens with one attached hydrogen (secondary N) is 1. The van der Waals surface area contributed by atoms with Gasteiger partial charge in [-0.2, -0.15) is 0 Å². The van der Waals surface area contributed by atoms with E-state index < -0.39 is 17.6 Å². The molecule has 1 aliphatic carbocycles. The van der Waals surface area contributed by atoms with Crippen molar-refractivity contribution in [2.45, 2.75) is 56.6 Å². The zero-order valence-electron chi connectivity index (χ0n) is 16.9. The van der Waals surface area contributed by atoms with Crippen LogP contribution in [0.3, 0.4) is 0 Å². The molecule has 2 atom stereocenters. The van der Waals surface area contributed by atoms with Gasteiger partial charge in [-0.1, -0.05) is 62.6 Å². The number of hydrogen-bond donors (Lipinski definition) is 2. The molecule has 1 amide bonds. The number of carbonyl (C=O) groups excluding carboxylic acids is 1. The number of fused-ring (bicyclic) bond motifs is 2. The van der Waals surface area contributed by atoms with Gasteiger partial charge in [0.1, 0.15) is 5.82 Å². The van der Waals surface area contributed by atoms with Crippen molar-refractivity contribution in [1.29, 1.82) is 0 Å². The molecular formula is C24H29FN2O2. The van der Waals surface area contributed by atoms with E-state index in [2.05, 4.69) is 5.32 Å². The molecule has 5 heteroatoms. The van der Waals surface area contributed by atoms with Crippen LogP contribution in [0.1, 0.15) is 56.2 Å². The minimum Gasteiger partial charge on any atom is -0.389 e. The Bertz CT molecular complexity index is 864. The standard InChI is InChI=1S/C24H29FN2O2/c1-2-26-16-21(28)22(17-9-5-3-6-10-17)27-20-15-18(25)11-12-19(20)24(23(27)29)13-7-4-8-14-24/h3,5-6,9-12,15,21-22,26,28H,2,4,7-8,13-14,16H2,1H3. The summed E-state index contributed by atoms with van der Waals surface area (Å²) in [5.41, 5.74) is 1.79. The number of carbonyl (C=O) groups is 1. The summed E-state index contributed by atoms with van der Waals surface area (Å²) in [5.74, 6) is -0.357. The van der Waals surface area contributed by atoms with Gasteiger partial charge in [0.2, 0.25) is 5.91 Å². The molecule has 1 aliphatic heterocycles. The molecule has 0 saturated heterocycles. The van der Waals surface area contributed by atoms with Gasteiger partial charge >= 0.3 is 0 Å². The summed E-state index contributed by atoms with van der Waals surface area (Å²) in [6, 6.07) is 13.7. The number of aliphatic hydroxyl groups is 1. The SMILES string of the molecule is CCNCC(O)C(c1ccccc1)N1C(=O)C2(CCCCC2)c2ccc(F)cc21. The maximum absolute atomic E-state index is 14.3. The molecule has 2 aliphatic rings. The molecule has 1 spiro atoms. The Morgan fingerprint density at radius 1 is 1.14 bits per heavy atom. The Kier molecular flexibility index (Phi) is 5.70. The van der Waals surface area contributed by atoms with Crippen molar-refractivity contribution in [3.8, 4) is 0 Å². The van der Waals surface area contributed by atoms with Crippen molar-refractivity contribution in [2.75, 3.05) is 18.0 Å². The van der Waals surface area contributed by atoms with Crippen LogP contribution in [0.25, 0.3) is 0 Å². The molecule has 0 bridgehead atoms. The summed E-state index contributed by atoms with van der Waals surface area (Å²) >= 11 is 0. The van der Waals surface area contributed by atoms with Crippen LogP contribution in [-0.4, -0.2) is 30.2 Å². The van der Waals surface area contributed by atoms with Gasteiger partial charge in [0.15, 0.2) is 0 Å². The molecule has 2 N–H and O–H groups in total. The van der Waals surface area contributed by atoms with Gasteiger partial charge in [-0.3, -0.25) is 4.79 Å². The second-order valence-corrected chi connectivity index (χ2v) is 8.21. The van der Waals surface area contributed by atoms with Crippen LogP contribution in [0.4, 0.5) is 10.1 Å². The van der Waals surface area contributed by atoms with Gasteiger partial charge in [-0.05, 0) is 42.6 Å². The highest BCUT2D eigenvalue weighted by Crippen LogP contribution is 2.52. The summed E-state index contributed by atoms with van der Waals surface area (Å²) in [4.78, 5) is 15.6. The number of hydrogen-bond acceptors (Lipinski definition) is 3. The van der Waals surface area contributed by atoms with Gasteiger partial charge in [0.25, 0.3) is 0 Å². The van der Waals surface area contributed by atoms with Gasteiger partial charge in [0, 0.05) is 6.54 Å². The van der Waals surface area contributed by atoms with Crippen LogP contribution in [0.15, 0.2) is 48.5 Å². The van der Waals surface area contributed by atoms with Gasteiger partial charge in [-0.15, -0.1) is 0 Å². The van der Waals surface area contributed by atoms with Crippen LogP contribution in [0.2, 0.25) is 0 Å². The van der Waals surface area contributed by atoms with Crippen LogP contribution in [-0.2, 0) is 10.2 Å². The molecule has 4 nitrogen and oxygen atoms in total. The second-order valence-electron chi connectivity index (χ2n) is 8.21. The van der Waals surface area contributed by atoms with E-state index >= 15 is 0 Å². The lowest BCUT2D eigenvalue weighted by Crippen LogP contribution is -2.48. The second kappa shape index (κ2) is 8.25. The number of halogens is 1. The molecule has 29 heavy (non-hydrogen) atoms. The van der Waals surface area contributed by atoms with E-state index in [0.29, 0.717) is 12.2 Å². The molecule has 0 radical (unpaired) electrons. The van der Waals surface area contributed by atoms with Crippen LogP contribution in [0.5, 0.6) is 0 Å². The normalized spacial score (nSPS) is 20.0. The summed E-state index contributed by atoms with van der Waals surface area (Å²) in [6.45, 7) is 3.06. The third kappa shape index (κ3) is 3.47. The van der Waals surface area contributed by atoms with Gasteiger partial charge in [-0.25, -0.2) is 4.39 Å². The third-order valence-electron chi connectivity index (χ3n) is 6.46. The number of nitrogens with zero attached hydrogens (tertiary/aromatic N) is 1. The minimum absolute atomic E-state index is 0.00204. The minimum atomic E-state index is -0.809. The van der Waals surface area contributed by atoms with Gasteiger partial charge in [0.05, 0.1) is 23.2 Å². The number of aliphatic hydroxyl groups excluding tert-OH is 1.